The number of ether oxygens (including phenoxy) is 2. The molecule has 0 heterocycles. The van der Waals surface area contributed by atoms with Crippen LogP contribution in [0.4, 0.5) is 0 Å². The highest BCUT2D eigenvalue weighted by atomic mass is 16.5. The van der Waals surface area contributed by atoms with Gasteiger partial charge in [0.2, 0.25) is 0 Å². The van der Waals surface area contributed by atoms with Gasteiger partial charge in [-0.3, -0.25) is 4.79 Å². The molecule has 1 aromatic rings. The number of hydrogen-bond donors (Lipinski definition) is 1. The summed E-state index contributed by atoms with van der Waals surface area (Å²) in [6.45, 7) is -0.0916. The Balaban J connectivity index is 1.85. The third kappa shape index (κ3) is 3.49. The minimum Gasteiger partial charge on any atom is -0.482 e. The van der Waals surface area contributed by atoms with Crippen molar-refractivity contribution in [2.75, 3.05) is 13.7 Å². The van der Waals surface area contributed by atoms with Crippen LogP contribution in [0.5, 0.6) is 5.75 Å². The number of methoxy groups -OCH3 is 1. The van der Waals surface area contributed by atoms with Crippen LogP contribution in [0.1, 0.15) is 24.8 Å². The molecule has 1 aliphatic carbocycles. The number of rotatable bonds is 5. The average Bonchev–Trinajstić information content (AvgIpc) is 2.92. The normalized spacial score (nSPS) is 21.2. The number of nitrogens with zero attached hydrogens (tertiary/aromatic N) is 1. The second kappa shape index (κ2) is 6.92. The van der Waals surface area contributed by atoms with Crippen LogP contribution in [-0.4, -0.2) is 31.8 Å². The number of carbonyl (C=O) groups excluding carboxylic acids is 1. The Labute approximate surface area is 118 Å². The van der Waals surface area contributed by atoms with Crippen molar-refractivity contribution in [3.05, 3.63) is 29.8 Å². The van der Waals surface area contributed by atoms with Crippen molar-refractivity contribution in [3.63, 3.8) is 0 Å². The topological polar surface area (TPSA) is 71.3 Å². The van der Waals surface area contributed by atoms with E-state index in [4.69, 9.17) is 14.7 Å². The molecule has 1 N–H and O–H groups in total. The van der Waals surface area contributed by atoms with Crippen LogP contribution < -0.4 is 10.1 Å². The molecule has 1 aliphatic rings. The minimum atomic E-state index is -0.188. The summed E-state index contributed by atoms with van der Waals surface area (Å²) in [7, 11) is 1.66. The van der Waals surface area contributed by atoms with Gasteiger partial charge in [-0.05, 0) is 31.4 Å². The van der Waals surface area contributed by atoms with Crippen LogP contribution >= 0.6 is 0 Å². The molecule has 0 bridgehead atoms. The molecule has 0 aromatic heterocycles. The van der Waals surface area contributed by atoms with E-state index < -0.39 is 0 Å². The van der Waals surface area contributed by atoms with E-state index >= 15 is 0 Å². The molecule has 1 saturated carbocycles. The monoisotopic (exact) mass is 274 g/mol. The molecule has 2 atom stereocenters. The number of carbonyl (C=O) groups is 1. The van der Waals surface area contributed by atoms with Gasteiger partial charge in [0.25, 0.3) is 5.91 Å². The second-order valence-corrected chi connectivity index (χ2v) is 4.78. The quantitative estimate of drug-likeness (QED) is 0.885. The van der Waals surface area contributed by atoms with Crippen LogP contribution in [0.3, 0.4) is 0 Å². The minimum absolute atomic E-state index is 0.0577. The zero-order valence-electron chi connectivity index (χ0n) is 11.5. The highest BCUT2D eigenvalue weighted by Gasteiger charge is 2.28. The summed E-state index contributed by atoms with van der Waals surface area (Å²) in [5, 5.41) is 11.8. The summed E-state index contributed by atoms with van der Waals surface area (Å²) in [5.41, 5.74) is 0.427. The fraction of sp³-hybridized carbons (Fsp3) is 0.467. The van der Waals surface area contributed by atoms with Gasteiger partial charge in [0.1, 0.15) is 11.8 Å². The van der Waals surface area contributed by atoms with Crippen LogP contribution in [0, 0.1) is 11.3 Å². The lowest BCUT2D eigenvalue weighted by Crippen LogP contribution is -2.42. The van der Waals surface area contributed by atoms with E-state index in [9.17, 15) is 4.79 Å². The number of amides is 1. The molecule has 106 valence electrons. The lowest BCUT2D eigenvalue weighted by atomic mass is 10.2. The molecule has 2 unspecified atom stereocenters. The van der Waals surface area contributed by atoms with E-state index in [1.54, 1.807) is 31.4 Å². The molecule has 1 aromatic carbocycles. The maximum absolute atomic E-state index is 11.9. The molecule has 2 rings (SSSR count). The van der Waals surface area contributed by atoms with Crippen molar-refractivity contribution in [1.82, 2.24) is 5.32 Å². The van der Waals surface area contributed by atoms with E-state index in [1.165, 1.54) is 0 Å². The average molecular weight is 274 g/mol. The zero-order chi connectivity index (χ0) is 14.4. The number of para-hydroxylation sites is 1. The maximum Gasteiger partial charge on any atom is 0.258 e. The molecule has 0 spiro atoms. The van der Waals surface area contributed by atoms with E-state index in [0.717, 1.165) is 19.3 Å². The van der Waals surface area contributed by atoms with Gasteiger partial charge in [-0.2, -0.15) is 5.26 Å². The third-order valence-corrected chi connectivity index (χ3v) is 3.47. The number of nitrogens with one attached hydrogen (secondary N) is 1. The lowest BCUT2D eigenvalue weighted by Gasteiger charge is -2.19. The molecule has 0 aliphatic heterocycles. The molecule has 0 saturated heterocycles. The van der Waals surface area contributed by atoms with Gasteiger partial charge >= 0.3 is 0 Å². The SMILES string of the molecule is COC1CCCC1NC(=O)COc1ccccc1C#N. The molecule has 5 heteroatoms. The Morgan fingerprint density at radius 3 is 3.00 bits per heavy atom. The van der Waals surface area contributed by atoms with Crippen molar-refractivity contribution in [3.8, 4) is 11.8 Å². The maximum atomic E-state index is 11.9. The molecule has 0 radical (unpaired) electrons. The highest BCUT2D eigenvalue weighted by molar-refractivity contribution is 5.78. The summed E-state index contributed by atoms with van der Waals surface area (Å²) >= 11 is 0. The largest absolute Gasteiger partial charge is 0.482 e. The van der Waals surface area contributed by atoms with Crippen LogP contribution in [0.15, 0.2) is 24.3 Å². The standard InChI is InChI=1S/C15H18N2O3/c1-19-14-8-4-6-12(14)17-15(18)10-20-13-7-3-2-5-11(13)9-16/h2-3,5,7,12,14H,4,6,8,10H2,1H3,(H,17,18). The number of nitriles is 1. The summed E-state index contributed by atoms with van der Waals surface area (Å²) in [5.74, 6) is 0.242. The Hall–Kier alpha value is -2.06. The van der Waals surface area contributed by atoms with Crippen molar-refractivity contribution in [2.45, 2.75) is 31.4 Å². The van der Waals surface area contributed by atoms with Crippen LogP contribution in [0.25, 0.3) is 0 Å². The summed E-state index contributed by atoms with van der Waals surface area (Å²) in [6.07, 6.45) is 3.05. The van der Waals surface area contributed by atoms with Crippen LogP contribution in [0.2, 0.25) is 0 Å². The summed E-state index contributed by atoms with van der Waals surface area (Å²) in [4.78, 5) is 11.9. The van der Waals surface area contributed by atoms with Crippen molar-refractivity contribution >= 4 is 5.91 Å². The Kier molecular flexibility index (Phi) is 4.97. The Bertz CT molecular complexity index is 510. The first-order valence-corrected chi connectivity index (χ1v) is 6.68. The van der Waals surface area contributed by atoms with Crippen LogP contribution in [-0.2, 0) is 9.53 Å². The predicted octanol–water partition coefficient (Wildman–Crippen LogP) is 1.62. The molecular formula is C15H18N2O3. The van der Waals surface area contributed by atoms with Gasteiger partial charge in [-0.1, -0.05) is 12.1 Å². The molecule has 20 heavy (non-hydrogen) atoms. The fourth-order valence-electron chi connectivity index (χ4n) is 2.45. The van der Waals surface area contributed by atoms with Gasteiger partial charge in [-0.15, -0.1) is 0 Å². The van der Waals surface area contributed by atoms with Gasteiger partial charge < -0.3 is 14.8 Å². The lowest BCUT2D eigenvalue weighted by molar-refractivity contribution is -0.124. The molecule has 1 fully saturated rings. The second-order valence-electron chi connectivity index (χ2n) is 4.78. The van der Waals surface area contributed by atoms with E-state index in [1.807, 2.05) is 6.07 Å². The van der Waals surface area contributed by atoms with Gasteiger partial charge in [0.15, 0.2) is 6.61 Å². The smallest absolute Gasteiger partial charge is 0.258 e. The first kappa shape index (κ1) is 14.4. The van der Waals surface area contributed by atoms with E-state index in [0.29, 0.717) is 11.3 Å². The first-order chi connectivity index (χ1) is 9.74. The molecular weight excluding hydrogens is 256 g/mol. The third-order valence-electron chi connectivity index (χ3n) is 3.47. The number of hydrogen-bond acceptors (Lipinski definition) is 4. The van der Waals surface area contributed by atoms with Gasteiger partial charge in [0.05, 0.1) is 17.7 Å². The molecule has 1 amide bonds. The Morgan fingerprint density at radius 1 is 1.45 bits per heavy atom. The number of benzene rings is 1. The van der Waals surface area contributed by atoms with Crippen molar-refractivity contribution in [2.24, 2.45) is 0 Å². The highest BCUT2D eigenvalue weighted by Crippen LogP contribution is 2.21. The zero-order valence-corrected chi connectivity index (χ0v) is 11.5. The van der Waals surface area contributed by atoms with Gasteiger partial charge in [0, 0.05) is 7.11 Å². The van der Waals surface area contributed by atoms with E-state index in [-0.39, 0.29) is 24.7 Å². The Morgan fingerprint density at radius 2 is 2.25 bits per heavy atom. The van der Waals surface area contributed by atoms with E-state index in [2.05, 4.69) is 5.32 Å². The van der Waals surface area contributed by atoms with Crippen molar-refractivity contribution < 1.29 is 14.3 Å². The first-order valence-electron chi connectivity index (χ1n) is 6.68. The molecule has 5 nitrogen and oxygen atoms in total. The van der Waals surface area contributed by atoms with Crippen molar-refractivity contribution in [1.29, 1.82) is 5.26 Å². The predicted molar refractivity (Wildman–Crippen MR) is 73.2 cm³/mol. The summed E-state index contributed by atoms with van der Waals surface area (Å²) in [6, 6.07) is 8.95. The fourth-order valence-corrected chi connectivity index (χ4v) is 2.45. The van der Waals surface area contributed by atoms with Gasteiger partial charge in [-0.25, -0.2) is 0 Å². The summed E-state index contributed by atoms with van der Waals surface area (Å²) < 4.78 is 10.7.